The zero-order valence-electron chi connectivity index (χ0n) is 13.2. The second-order valence-electron chi connectivity index (χ2n) is 5.78. The number of carboxylic acid groups (broad SMARTS) is 1. The molecule has 0 spiro atoms. The summed E-state index contributed by atoms with van der Waals surface area (Å²) in [5.74, 6) is -0.0739. The van der Waals surface area contributed by atoms with Crippen LogP contribution in [-0.2, 0) is 4.74 Å². The van der Waals surface area contributed by atoms with Gasteiger partial charge in [-0.05, 0) is 24.3 Å². The number of carbonyl (C=O) groups is 1. The number of ether oxygens (including phenoxy) is 1. The van der Waals surface area contributed by atoms with Crippen molar-refractivity contribution in [2.75, 3.05) is 31.2 Å². The Morgan fingerprint density at radius 3 is 2.80 bits per heavy atom. The first-order valence-corrected chi connectivity index (χ1v) is 9.08. The summed E-state index contributed by atoms with van der Waals surface area (Å²) >= 11 is 7.73. The Kier molecular flexibility index (Phi) is 4.33. The van der Waals surface area contributed by atoms with Crippen molar-refractivity contribution in [1.29, 1.82) is 0 Å². The summed E-state index contributed by atoms with van der Waals surface area (Å²) in [6.07, 6.45) is 0. The van der Waals surface area contributed by atoms with Crippen LogP contribution in [0.1, 0.15) is 10.4 Å². The molecule has 0 saturated carbocycles. The summed E-state index contributed by atoms with van der Waals surface area (Å²) < 4.78 is 7.19. The molecule has 0 bridgehead atoms. The number of carboxylic acids is 1. The number of morpholine rings is 1. The van der Waals surface area contributed by atoms with Gasteiger partial charge in [-0.25, -0.2) is 9.78 Å². The van der Waals surface area contributed by atoms with Crippen LogP contribution in [-0.4, -0.2) is 42.4 Å². The molecule has 1 aromatic carbocycles. The fraction of sp³-hybridized carbons (Fsp3) is 0.222. The standard InChI is InChI=1S/C18H15ClN2O3S/c19-16-9-13-15(25-16)10-14(11-2-1-3-12(8-11)18(22)23)20-17(13)21-4-6-24-7-5-21/h1-3,8-10H,4-7H2,(H,22,23). The maximum atomic E-state index is 11.3. The minimum absolute atomic E-state index is 0.247. The molecular formula is C18H15ClN2O3S. The number of aromatic carboxylic acids is 1. The van der Waals surface area contributed by atoms with Crippen molar-refractivity contribution in [3.63, 3.8) is 0 Å². The quantitative estimate of drug-likeness (QED) is 0.746. The molecule has 0 atom stereocenters. The molecule has 0 unspecified atom stereocenters. The van der Waals surface area contributed by atoms with Gasteiger partial charge in [0.1, 0.15) is 5.82 Å². The van der Waals surface area contributed by atoms with Crippen molar-refractivity contribution in [2.24, 2.45) is 0 Å². The van der Waals surface area contributed by atoms with Crippen LogP contribution in [0.3, 0.4) is 0 Å². The predicted molar refractivity (Wildman–Crippen MR) is 100 cm³/mol. The Hall–Kier alpha value is -2.15. The van der Waals surface area contributed by atoms with E-state index in [1.807, 2.05) is 18.2 Å². The van der Waals surface area contributed by atoms with Crippen LogP contribution in [0, 0.1) is 0 Å². The maximum absolute atomic E-state index is 11.3. The molecule has 1 aliphatic heterocycles. The first-order chi connectivity index (χ1) is 12.1. The van der Waals surface area contributed by atoms with E-state index in [-0.39, 0.29) is 5.56 Å². The number of thiophene rings is 1. The van der Waals surface area contributed by atoms with E-state index in [9.17, 15) is 9.90 Å². The zero-order chi connectivity index (χ0) is 17.4. The van der Waals surface area contributed by atoms with Gasteiger partial charge in [0.15, 0.2) is 0 Å². The first kappa shape index (κ1) is 16.3. The molecule has 7 heteroatoms. The van der Waals surface area contributed by atoms with E-state index in [0.717, 1.165) is 40.3 Å². The maximum Gasteiger partial charge on any atom is 0.335 e. The molecule has 0 amide bonds. The average Bonchev–Trinajstić information content (AvgIpc) is 3.01. The summed E-state index contributed by atoms with van der Waals surface area (Å²) in [7, 11) is 0. The van der Waals surface area contributed by atoms with Gasteiger partial charge in [-0.1, -0.05) is 23.7 Å². The van der Waals surface area contributed by atoms with Gasteiger partial charge in [-0.2, -0.15) is 0 Å². The highest BCUT2D eigenvalue weighted by atomic mass is 35.5. The molecule has 3 heterocycles. The average molecular weight is 375 g/mol. The van der Waals surface area contributed by atoms with E-state index in [2.05, 4.69) is 4.90 Å². The predicted octanol–water partition coefficient (Wildman–Crippen LogP) is 4.15. The normalized spacial score (nSPS) is 14.8. The van der Waals surface area contributed by atoms with E-state index in [1.54, 1.807) is 18.2 Å². The fourth-order valence-electron chi connectivity index (χ4n) is 2.96. The lowest BCUT2D eigenvalue weighted by molar-refractivity contribution is 0.0697. The third-order valence-corrected chi connectivity index (χ3v) is 5.39. The van der Waals surface area contributed by atoms with Gasteiger partial charge in [0, 0.05) is 28.7 Å². The van der Waals surface area contributed by atoms with Gasteiger partial charge in [0.2, 0.25) is 0 Å². The number of hydrogen-bond donors (Lipinski definition) is 1. The van der Waals surface area contributed by atoms with Crippen LogP contribution in [0.2, 0.25) is 4.34 Å². The molecule has 4 rings (SSSR count). The highest BCUT2D eigenvalue weighted by Gasteiger charge is 2.19. The Balaban J connectivity index is 1.87. The van der Waals surface area contributed by atoms with Crippen LogP contribution in [0.15, 0.2) is 36.4 Å². The summed E-state index contributed by atoms with van der Waals surface area (Å²) in [5.41, 5.74) is 1.77. The minimum Gasteiger partial charge on any atom is -0.478 e. The minimum atomic E-state index is -0.949. The molecule has 128 valence electrons. The van der Waals surface area contributed by atoms with Crippen molar-refractivity contribution in [2.45, 2.75) is 0 Å². The van der Waals surface area contributed by atoms with Crippen LogP contribution in [0.5, 0.6) is 0 Å². The Morgan fingerprint density at radius 2 is 2.04 bits per heavy atom. The monoisotopic (exact) mass is 374 g/mol. The fourth-order valence-corrected chi connectivity index (χ4v) is 4.14. The van der Waals surface area contributed by atoms with Crippen molar-refractivity contribution in [3.8, 4) is 11.3 Å². The molecule has 0 radical (unpaired) electrons. The molecule has 5 nitrogen and oxygen atoms in total. The van der Waals surface area contributed by atoms with Crippen LogP contribution < -0.4 is 4.90 Å². The van der Waals surface area contributed by atoms with Crippen LogP contribution in [0.25, 0.3) is 21.3 Å². The van der Waals surface area contributed by atoms with Gasteiger partial charge in [-0.15, -0.1) is 11.3 Å². The molecule has 25 heavy (non-hydrogen) atoms. The summed E-state index contributed by atoms with van der Waals surface area (Å²) in [6.45, 7) is 2.88. The summed E-state index contributed by atoms with van der Waals surface area (Å²) in [4.78, 5) is 18.3. The number of fused-ring (bicyclic) bond motifs is 1. The number of benzene rings is 1. The number of nitrogens with zero attached hydrogens (tertiary/aromatic N) is 2. The number of halogens is 1. The highest BCUT2D eigenvalue weighted by Crippen LogP contribution is 2.37. The smallest absolute Gasteiger partial charge is 0.335 e. The zero-order valence-corrected chi connectivity index (χ0v) is 14.8. The van der Waals surface area contributed by atoms with E-state index in [0.29, 0.717) is 17.6 Å². The van der Waals surface area contributed by atoms with Crippen molar-refractivity contribution in [3.05, 3.63) is 46.3 Å². The number of pyridine rings is 1. The van der Waals surface area contributed by atoms with Crippen molar-refractivity contribution < 1.29 is 14.6 Å². The van der Waals surface area contributed by atoms with Gasteiger partial charge < -0.3 is 14.7 Å². The Labute approximate surface area is 153 Å². The lowest BCUT2D eigenvalue weighted by atomic mass is 10.1. The van der Waals surface area contributed by atoms with E-state index < -0.39 is 5.97 Å². The molecule has 0 aliphatic carbocycles. The molecule has 1 fully saturated rings. The number of hydrogen-bond acceptors (Lipinski definition) is 5. The number of rotatable bonds is 3. The number of aromatic nitrogens is 1. The number of anilines is 1. The van der Waals surface area contributed by atoms with Crippen LogP contribution >= 0.6 is 22.9 Å². The molecule has 2 aromatic heterocycles. The second-order valence-corrected chi connectivity index (χ2v) is 7.49. The van der Waals surface area contributed by atoms with Gasteiger partial charge in [0.05, 0.1) is 28.8 Å². The third kappa shape index (κ3) is 3.20. The Morgan fingerprint density at radius 1 is 1.24 bits per heavy atom. The lowest BCUT2D eigenvalue weighted by Gasteiger charge is -2.28. The highest BCUT2D eigenvalue weighted by molar-refractivity contribution is 7.22. The largest absolute Gasteiger partial charge is 0.478 e. The van der Waals surface area contributed by atoms with Crippen molar-refractivity contribution >= 4 is 44.8 Å². The van der Waals surface area contributed by atoms with Crippen molar-refractivity contribution in [1.82, 2.24) is 4.98 Å². The molecule has 1 aliphatic rings. The third-order valence-electron chi connectivity index (χ3n) is 4.18. The van der Waals surface area contributed by atoms with E-state index >= 15 is 0 Å². The first-order valence-electron chi connectivity index (χ1n) is 7.88. The van der Waals surface area contributed by atoms with Gasteiger partial charge >= 0.3 is 5.97 Å². The SMILES string of the molecule is O=C(O)c1cccc(-c2cc3sc(Cl)cc3c(N3CCOCC3)n2)c1. The van der Waals surface area contributed by atoms with Gasteiger partial charge in [-0.3, -0.25) is 0 Å². The summed E-state index contributed by atoms with van der Waals surface area (Å²) in [5, 5.41) is 10.3. The molecule has 1 N–H and O–H groups in total. The van der Waals surface area contributed by atoms with Gasteiger partial charge in [0.25, 0.3) is 0 Å². The van der Waals surface area contributed by atoms with Crippen LogP contribution in [0.4, 0.5) is 5.82 Å². The second kappa shape index (κ2) is 6.63. The molecular weight excluding hydrogens is 360 g/mol. The topological polar surface area (TPSA) is 62.7 Å². The summed E-state index contributed by atoms with van der Waals surface area (Å²) in [6, 6.07) is 10.7. The molecule has 1 saturated heterocycles. The van der Waals surface area contributed by atoms with E-state index in [4.69, 9.17) is 21.3 Å². The van der Waals surface area contributed by atoms with E-state index in [1.165, 1.54) is 11.3 Å². The molecule has 3 aromatic rings. The lowest BCUT2D eigenvalue weighted by Crippen LogP contribution is -2.36. The Bertz CT molecular complexity index is 951.